The lowest BCUT2D eigenvalue weighted by Crippen LogP contribution is -2.23. The number of benzene rings is 9. The molecule has 0 heterocycles. The number of rotatable bonds is 2. The van der Waals surface area contributed by atoms with Crippen molar-refractivity contribution in [3.63, 3.8) is 0 Å². The van der Waals surface area contributed by atoms with Crippen molar-refractivity contribution in [1.82, 2.24) is 0 Å². The van der Waals surface area contributed by atoms with E-state index in [-0.39, 0.29) is 54.6 Å². The Kier molecular flexibility index (Phi) is 2.18. The first-order valence-corrected chi connectivity index (χ1v) is 14.0. The van der Waals surface area contributed by atoms with Crippen molar-refractivity contribution in [2.75, 3.05) is 0 Å². The summed E-state index contributed by atoms with van der Waals surface area (Å²) in [5.41, 5.74) is -4.76. The van der Waals surface area contributed by atoms with Crippen LogP contribution >= 0.6 is 0 Å². The maximum absolute atomic E-state index is 9.84. The third-order valence-corrected chi connectivity index (χ3v) is 8.56. The topological polar surface area (TPSA) is 0 Å². The highest BCUT2D eigenvalue weighted by molar-refractivity contribution is 6.25. The molecule has 0 radical (unpaired) electrons. The van der Waals surface area contributed by atoms with E-state index >= 15 is 0 Å². The van der Waals surface area contributed by atoms with Gasteiger partial charge in [0.15, 0.2) is 0 Å². The highest BCUT2D eigenvalue weighted by atomic mass is 14.4. The van der Waals surface area contributed by atoms with Gasteiger partial charge >= 0.3 is 0 Å². The molecule has 9 aromatic rings. The monoisotopic (exact) mass is 594 g/mol. The van der Waals surface area contributed by atoms with Crippen LogP contribution in [0.25, 0.3) is 87.2 Å². The van der Waals surface area contributed by atoms with Crippen LogP contribution < -0.4 is 0 Å². The molecule has 0 fully saturated rings. The van der Waals surface area contributed by atoms with E-state index in [2.05, 4.69) is 0 Å². The van der Waals surface area contributed by atoms with Gasteiger partial charge in [-0.15, -0.1) is 0 Å². The Hall–Kier alpha value is -5.46. The lowest BCUT2D eigenvalue weighted by Gasteiger charge is -2.35. The smallest absolute Gasteiger partial charge is 0.0613 e. The van der Waals surface area contributed by atoms with Crippen LogP contribution in [0.5, 0.6) is 0 Å². The summed E-state index contributed by atoms with van der Waals surface area (Å²) < 4.78 is 218. The SMILES string of the molecule is [2H]c1c([2H])c2c(c([2H])c1-c1c([2H])c([2H])c([2H])c3c([2H])c(-c4c([2H])c([2H])c5c([2H])c([2H])c6c([2H])c([2H])c([2H])c7c([2H])c([2H])c4c5c67)c([2H])c([2H])c13)-c1c([2H])c([2H])c([2H])c3c([2H])c([2H])c([2H])c(c13)C2(C)C. The summed E-state index contributed by atoms with van der Waals surface area (Å²) in [5.74, 6) is 0. The van der Waals surface area contributed by atoms with Crippen LogP contribution in [-0.4, -0.2) is 0 Å². The zero-order valence-corrected chi connectivity index (χ0v) is 23.5. The van der Waals surface area contributed by atoms with Crippen LogP contribution in [-0.2, 0) is 5.41 Å². The Morgan fingerprint density at radius 2 is 0.933 bits per heavy atom. The van der Waals surface area contributed by atoms with E-state index in [0.717, 1.165) is 0 Å². The van der Waals surface area contributed by atoms with Crippen molar-refractivity contribution in [2.24, 2.45) is 0 Å². The van der Waals surface area contributed by atoms with Gasteiger partial charge in [-0.3, -0.25) is 0 Å². The molecule has 0 saturated carbocycles. The lowest BCUT2D eigenvalue weighted by atomic mass is 9.68. The fourth-order valence-corrected chi connectivity index (χ4v) is 6.41. The molecule has 0 atom stereocenters. The predicted octanol–water partition coefficient (Wildman–Crippen LogP) is 12.5. The van der Waals surface area contributed by atoms with Crippen LogP contribution in [0.2, 0.25) is 0 Å². The van der Waals surface area contributed by atoms with Crippen LogP contribution in [0.1, 0.15) is 57.9 Å². The molecule has 0 unspecified atom stereocenters. The Morgan fingerprint density at radius 3 is 1.76 bits per heavy atom. The van der Waals surface area contributed by atoms with E-state index in [1.165, 1.54) is 13.8 Å². The summed E-state index contributed by atoms with van der Waals surface area (Å²) in [6.07, 6.45) is 0. The molecule has 0 heteroatoms. The first kappa shape index (κ1) is 11.2. The normalized spacial score (nSPS) is 21.2. The summed E-state index contributed by atoms with van der Waals surface area (Å²) in [6.45, 7) is 3.06. The van der Waals surface area contributed by atoms with Crippen LogP contribution in [0.3, 0.4) is 0 Å². The minimum atomic E-state index is -1.54. The van der Waals surface area contributed by atoms with Gasteiger partial charge in [-0.25, -0.2) is 0 Å². The molecule has 0 aliphatic heterocycles. The molecule has 0 aromatic heterocycles. The molecule has 0 spiro atoms. The summed E-state index contributed by atoms with van der Waals surface area (Å²) >= 11 is 0. The summed E-state index contributed by atoms with van der Waals surface area (Å²) in [6, 6.07) is -17.6. The van der Waals surface area contributed by atoms with Gasteiger partial charge in [-0.2, -0.15) is 0 Å². The van der Waals surface area contributed by atoms with E-state index in [4.69, 9.17) is 20.6 Å². The van der Waals surface area contributed by atoms with Crippen LogP contribution in [0.4, 0.5) is 0 Å². The van der Waals surface area contributed by atoms with Crippen molar-refractivity contribution < 1.29 is 32.9 Å². The molecule has 0 amide bonds. The summed E-state index contributed by atoms with van der Waals surface area (Å²) in [7, 11) is 0. The van der Waals surface area contributed by atoms with E-state index in [0.29, 0.717) is 0 Å². The Balaban J connectivity index is 1.40. The molecule has 1 aliphatic carbocycles. The predicted molar refractivity (Wildman–Crippen MR) is 194 cm³/mol. The zero-order chi connectivity index (χ0) is 50.7. The second-order valence-electron chi connectivity index (χ2n) is 11.4. The number of hydrogen-bond donors (Lipinski definition) is 0. The van der Waals surface area contributed by atoms with Gasteiger partial charge < -0.3 is 0 Å². The Labute approximate surface area is 296 Å². The quantitative estimate of drug-likeness (QED) is 0.175. The largest absolute Gasteiger partial charge is 0.0636 e. The minimum Gasteiger partial charge on any atom is -0.0613 e. The van der Waals surface area contributed by atoms with Gasteiger partial charge in [-0.05, 0) is 110 Å². The van der Waals surface area contributed by atoms with E-state index in [1.807, 2.05) is 0 Å². The van der Waals surface area contributed by atoms with Crippen LogP contribution in [0.15, 0.2) is 145 Å². The van der Waals surface area contributed by atoms with Crippen molar-refractivity contribution in [3.05, 3.63) is 156 Å². The molecule has 10 rings (SSSR count). The summed E-state index contributed by atoms with van der Waals surface area (Å²) in [4.78, 5) is 0. The molecular formula is C45H30. The average molecular weight is 595 g/mol. The molecular weight excluding hydrogens is 540 g/mol. The fourth-order valence-electron chi connectivity index (χ4n) is 6.41. The highest BCUT2D eigenvalue weighted by Gasteiger charge is 2.33. The van der Waals surface area contributed by atoms with Gasteiger partial charge in [0.05, 0.1) is 32.9 Å². The third-order valence-electron chi connectivity index (χ3n) is 8.56. The number of hydrogen-bond acceptors (Lipinski definition) is 0. The Morgan fingerprint density at radius 1 is 0.378 bits per heavy atom. The molecule has 0 bridgehead atoms. The first-order valence-electron chi connectivity index (χ1n) is 26.0. The van der Waals surface area contributed by atoms with Crippen molar-refractivity contribution in [2.45, 2.75) is 19.3 Å². The highest BCUT2D eigenvalue weighted by Crippen LogP contribution is 2.50. The van der Waals surface area contributed by atoms with Crippen LogP contribution in [0, 0.1) is 0 Å². The third kappa shape index (κ3) is 3.37. The molecule has 0 saturated heterocycles. The van der Waals surface area contributed by atoms with Gasteiger partial charge in [0.25, 0.3) is 0 Å². The average Bonchev–Trinajstić information content (AvgIpc) is 3.29. The van der Waals surface area contributed by atoms with Crippen molar-refractivity contribution in [3.8, 4) is 33.4 Å². The number of fused-ring (bicyclic) bond motifs is 3. The molecule has 1 aliphatic rings. The van der Waals surface area contributed by atoms with Crippen molar-refractivity contribution in [1.29, 1.82) is 0 Å². The minimum absolute atomic E-state index is 0.00519. The molecule has 210 valence electrons. The zero-order valence-electron chi connectivity index (χ0n) is 47.5. The standard InChI is InChI=1S/C45H30/c1-45(2)40-24-20-33(26-39(40)37-13-4-9-27-10-6-14-41(45)43(27)37)34-12-5-11-31-25-32(19-22-35(31)34)36-21-17-30-16-15-28-7-3-8-29-18-23-38(36)44(30)42(28)29/h3-26H,1-2H3/i3D,4D,5D,6D,7D,8D,9D,10D,11D,12D,13D,14D,15D,16D,17D,18D,19D,20D,21D,22D,23D,24D,25D,26D. The van der Waals surface area contributed by atoms with Crippen molar-refractivity contribution >= 4 is 53.9 Å². The van der Waals surface area contributed by atoms with Gasteiger partial charge in [0.1, 0.15) is 0 Å². The fraction of sp³-hybridized carbons (Fsp3) is 0.0667. The van der Waals surface area contributed by atoms with Gasteiger partial charge in [0, 0.05) is 5.41 Å². The Bertz CT molecular complexity index is 3990. The van der Waals surface area contributed by atoms with E-state index in [1.54, 1.807) is 0 Å². The van der Waals surface area contributed by atoms with Gasteiger partial charge in [-0.1, -0.05) is 147 Å². The lowest BCUT2D eigenvalue weighted by molar-refractivity contribution is 0.645. The van der Waals surface area contributed by atoms with Gasteiger partial charge in [0.2, 0.25) is 0 Å². The first-order chi connectivity index (χ1) is 32.1. The molecule has 0 nitrogen and oxygen atoms in total. The van der Waals surface area contributed by atoms with E-state index < -0.39 is 194 Å². The second kappa shape index (κ2) is 8.80. The van der Waals surface area contributed by atoms with E-state index in [9.17, 15) is 12.3 Å². The molecule has 0 N–H and O–H groups in total. The molecule has 45 heavy (non-hydrogen) atoms. The maximum Gasteiger partial charge on any atom is 0.0636 e. The second-order valence-corrected chi connectivity index (χ2v) is 11.4. The molecule has 9 aromatic carbocycles. The maximum atomic E-state index is 9.84. The summed E-state index contributed by atoms with van der Waals surface area (Å²) in [5, 5.41) is -3.65.